The summed E-state index contributed by atoms with van der Waals surface area (Å²) in [5.41, 5.74) is 2.41. The number of carbonyl (C=O) groups excluding carboxylic acids is 1. The van der Waals surface area contributed by atoms with Gasteiger partial charge in [0.1, 0.15) is 5.60 Å². The van der Waals surface area contributed by atoms with E-state index in [4.69, 9.17) is 4.74 Å². The molecule has 1 aromatic carbocycles. The average Bonchev–Trinajstić information content (AvgIpc) is 2.85. The maximum Gasteiger partial charge on any atom is 0.410 e. The summed E-state index contributed by atoms with van der Waals surface area (Å²) in [5, 5.41) is 3.57. The quantitative estimate of drug-likeness (QED) is 0.905. The van der Waals surface area contributed by atoms with Crippen molar-refractivity contribution in [2.24, 2.45) is 0 Å². The molecule has 0 heterocycles. The summed E-state index contributed by atoms with van der Waals surface area (Å²) in [6.07, 6.45) is 2.04. The van der Waals surface area contributed by atoms with E-state index >= 15 is 0 Å². The molecular formula is C18H28N2O2. The predicted molar refractivity (Wildman–Crippen MR) is 89.0 cm³/mol. The number of aryl methyl sites for hydroxylation is 1. The molecule has 0 fully saturated rings. The Morgan fingerprint density at radius 3 is 2.77 bits per heavy atom. The van der Waals surface area contributed by atoms with Gasteiger partial charge in [0, 0.05) is 25.7 Å². The molecular weight excluding hydrogens is 276 g/mol. The second kappa shape index (κ2) is 7.14. The first-order chi connectivity index (χ1) is 10.4. The van der Waals surface area contributed by atoms with Crippen LogP contribution in [0.5, 0.6) is 0 Å². The van der Waals surface area contributed by atoms with E-state index in [9.17, 15) is 4.79 Å². The minimum absolute atomic E-state index is 0.233. The van der Waals surface area contributed by atoms with Crippen LogP contribution in [0, 0.1) is 0 Å². The van der Waals surface area contributed by atoms with E-state index in [-0.39, 0.29) is 6.09 Å². The molecule has 4 heteroatoms. The van der Waals surface area contributed by atoms with E-state index < -0.39 is 5.60 Å². The van der Waals surface area contributed by atoms with Crippen molar-refractivity contribution in [2.45, 2.75) is 52.2 Å². The molecule has 1 aromatic rings. The Labute approximate surface area is 133 Å². The molecule has 0 spiro atoms. The first-order valence-corrected chi connectivity index (χ1v) is 8.20. The van der Waals surface area contributed by atoms with Gasteiger partial charge in [0.25, 0.3) is 0 Å². The summed E-state index contributed by atoms with van der Waals surface area (Å²) in [7, 11) is 0. The second-order valence-electron chi connectivity index (χ2n) is 6.80. The topological polar surface area (TPSA) is 41.6 Å². The Morgan fingerprint density at radius 1 is 1.36 bits per heavy atom. The summed E-state index contributed by atoms with van der Waals surface area (Å²) in [5.74, 6) is 0. The molecule has 4 nitrogen and oxygen atoms in total. The van der Waals surface area contributed by atoms with Crippen molar-refractivity contribution < 1.29 is 9.53 Å². The van der Waals surface area contributed by atoms with Crippen LogP contribution in [0.25, 0.3) is 0 Å². The molecule has 0 saturated carbocycles. The van der Waals surface area contributed by atoms with Crippen molar-refractivity contribution in [1.82, 2.24) is 10.2 Å². The van der Waals surface area contributed by atoms with Crippen LogP contribution in [0.2, 0.25) is 0 Å². The van der Waals surface area contributed by atoms with Gasteiger partial charge < -0.3 is 15.0 Å². The number of hydrogen-bond acceptors (Lipinski definition) is 3. The van der Waals surface area contributed by atoms with E-state index in [0.717, 1.165) is 19.4 Å². The fraction of sp³-hybridized carbons (Fsp3) is 0.611. The predicted octanol–water partition coefficient (Wildman–Crippen LogP) is 3.52. The summed E-state index contributed by atoms with van der Waals surface area (Å²) < 4.78 is 5.43. The van der Waals surface area contributed by atoms with E-state index in [1.165, 1.54) is 11.1 Å². The van der Waals surface area contributed by atoms with Crippen molar-refractivity contribution in [3.8, 4) is 0 Å². The number of benzene rings is 1. The van der Waals surface area contributed by atoms with Crippen molar-refractivity contribution in [3.63, 3.8) is 0 Å². The minimum atomic E-state index is -0.442. The Kier molecular flexibility index (Phi) is 5.46. The summed E-state index contributed by atoms with van der Waals surface area (Å²) in [6.45, 7) is 9.79. The Morgan fingerprint density at radius 2 is 2.09 bits per heavy atom. The lowest BCUT2D eigenvalue weighted by molar-refractivity contribution is 0.0261. The number of rotatable bonds is 5. The van der Waals surface area contributed by atoms with Crippen molar-refractivity contribution in [1.29, 1.82) is 0 Å². The maximum absolute atomic E-state index is 12.1. The fourth-order valence-corrected chi connectivity index (χ4v) is 2.85. The highest BCUT2D eigenvalue weighted by molar-refractivity contribution is 5.68. The number of likely N-dealkylation sites (N-methyl/N-ethyl adjacent to an activating group) is 1. The molecule has 122 valence electrons. The largest absolute Gasteiger partial charge is 0.444 e. The van der Waals surface area contributed by atoms with E-state index in [0.29, 0.717) is 19.1 Å². The van der Waals surface area contributed by atoms with Gasteiger partial charge in [-0.15, -0.1) is 0 Å². The van der Waals surface area contributed by atoms with Crippen LogP contribution < -0.4 is 5.32 Å². The lowest BCUT2D eigenvalue weighted by Crippen LogP contribution is -2.40. The second-order valence-corrected chi connectivity index (χ2v) is 6.80. The zero-order valence-corrected chi connectivity index (χ0v) is 14.2. The Balaban J connectivity index is 1.81. The maximum atomic E-state index is 12.1. The molecule has 1 amide bonds. The van der Waals surface area contributed by atoms with Crippen LogP contribution in [0.4, 0.5) is 4.79 Å². The monoisotopic (exact) mass is 304 g/mol. The van der Waals surface area contributed by atoms with Gasteiger partial charge in [0.2, 0.25) is 0 Å². The molecule has 1 aliphatic carbocycles. The van der Waals surface area contributed by atoms with Crippen LogP contribution in [0.15, 0.2) is 24.3 Å². The van der Waals surface area contributed by atoms with Crippen LogP contribution >= 0.6 is 0 Å². The van der Waals surface area contributed by atoms with Crippen molar-refractivity contribution in [3.05, 3.63) is 35.4 Å². The lowest BCUT2D eigenvalue weighted by atomic mass is 10.1. The SMILES string of the molecule is CCN(CCNC1CCc2ccccc21)C(=O)OC(C)(C)C. The highest BCUT2D eigenvalue weighted by Gasteiger charge is 2.23. The molecule has 0 aliphatic heterocycles. The zero-order valence-electron chi connectivity index (χ0n) is 14.2. The molecule has 1 N–H and O–H groups in total. The Hall–Kier alpha value is -1.55. The molecule has 1 atom stereocenters. The molecule has 0 aromatic heterocycles. The van der Waals surface area contributed by atoms with Gasteiger partial charge in [-0.25, -0.2) is 4.79 Å². The molecule has 1 unspecified atom stereocenters. The first-order valence-electron chi connectivity index (χ1n) is 8.20. The molecule has 0 radical (unpaired) electrons. The lowest BCUT2D eigenvalue weighted by Gasteiger charge is -2.27. The minimum Gasteiger partial charge on any atom is -0.444 e. The van der Waals surface area contributed by atoms with E-state index in [1.54, 1.807) is 4.90 Å². The standard InChI is InChI=1S/C18H28N2O2/c1-5-20(17(21)22-18(2,3)4)13-12-19-16-11-10-14-8-6-7-9-15(14)16/h6-9,16,19H,5,10-13H2,1-4H3. The summed E-state index contributed by atoms with van der Waals surface area (Å²) in [4.78, 5) is 13.8. The van der Waals surface area contributed by atoms with Gasteiger partial charge in [0.05, 0.1) is 0 Å². The molecule has 22 heavy (non-hydrogen) atoms. The van der Waals surface area contributed by atoms with Crippen molar-refractivity contribution in [2.75, 3.05) is 19.6 Å². The van der Waals surface area contributed by atoms with E-state index in [1.807, 2.05) is 27.7 Å². The third kappa shape index (κ3) is 4.47. The molecule has 2 rings (SSSR count). The van der Waals surface area contributed by atoms with Gasteiger partial charge in [-0.05, 0) is 51.7 Å². The van der Waals surface area contributed by atoms with Gasteiger partial charge in [-0.2, -0.15) is 0 Å². The zero-order chi connectivity index (χ0) is 16.2. The van der Waals surface area contributed by atoms with Crippen molar-refractivity contribution >= 4 is 6.09 Å². The number of ether oxygens (including phenoxy) is 1. The number of carbonyl (C=O) groups is 1. The third-order valence-electron chi connectivity index (χ3n) is 3.94. The smallest absolute Gasteiger partial charge is 0.410 e. The average molecular weight is 304 g/mol. The van der Waals surface area contributed by atoms with Gasteiger partial charge in [-0.3, -0.25) is 0 Å². The van der Waals surface area contributed by atoms with Gasteiger partial charge >= 0.3 is 6.09 Å². The number of fused-ring (bicyclic) bond motifs is 1. The highest BCUT2D eigenvalue weighted by Crippen LogP contribution is 2.30. The molecule has 0 saturated heterocycles. The third-order valence-corrected chi connectivity index (χ3v) is 3.94. The number of hydrogen-bond donors (Lipinski definition) is 1. The summed E-state index contributed by atoms with van der Waals surface area (Å²) in [6, 6.07) is 9.01. The van der Waals surface area contributed by atoms with Crippen LogP contribution in [0.1, 0.15) is 51.3 Å². The highest BCUT2D eigenvalue weighted by atomic mass is 16.6. The Bertz CT molecular complexity index is 508. The van der Waals surface area contributed by atoms with Crippen LogP contribution in [0.3, 0.4) is 0 Å². The normalized spacial score (nSPS) is 17.2. The van der Waals surface area contributed by atoms with Crippen LogP contribution in [-0.2, 0) is 11.2 Å². The molecule has 0 bridgehead atoms. The first kappa shape index (κ1) is 16.8. The summed E-state index contributed by atoms with van der Waals surface area (Å²) >= 11 is 0. The molecule has 1 aliphatic rings. The van der Waals surface area contributed by atoms with Gasteiger partial charge in [-0.1, -0.05) is 24.3 Å². The number of nitrogens with one attached hydrogen (secondary N) is 1. The number of amides is 1. The van der Waals surface area contributed by atoms with Crippen LogP contribution in [-0.4, -0.2) is 36.2 Å². The number of nitrogens with zero attached hydrogens (tertiary/aromatic N) is 1. The van der Waals surface area contributed by atoms with Gasteiger partial charge in [0.15, 0.2) is 0 Å². The fourth-order valence-electron chi connectivity index (χ4n) is 2.85. The van der Waals surface area contributed by atoms with E-state index in [2.05, 4.69) is 29.6 Å².